The van der Waals surface area contributed by atoms with Crippen LogP contribution in [-0.2, 0) is 0 Å². The van der Waals surface area contributed by atoms with Gasteiger partial charge in [0.25, 0.3) is 0 Å². The third-order valence-corrected chi connectivity index (χ3v) is 4.82. The van der Waals surface area contributed by atoms with Gasteiger partial charge in [-0.05, 0) is 55.6 Å². The third kappa shape index (κ3) is 4.67. The monoisotopic (exact) mass is 324 g/mol. The minimum Gasteiger partial charge on any atom is -0.390 e. The molecule has 0 spiro atoms. The van der Waals surface area contributed by atoms with E-state index in [9.17, 15) is 5.11 Å². The molecule has 0 saturated carbocycles. The van der Waals surface area contributed by atoms with E-state index < -0.39 is 0 Å². The number of nitrogens with one attached hydrogen (secondary N) is 1. The molecule has 2 atom stereocenters. The summed E-state index contributed by atoms with van der Waals surface area (Å²) in [6, 6.07) is 19.3. The summed E-state index contributed by atoms with van der Waals surface area (Å²) >= 11 is 0. The summed E-state index contributed by atoms with van der Waals surface area (Å²) in [5.41, 5.74) is 3.73. The number of benzene rings is 2. The number of nitrogens with zero attached hydrogens (tertiary/aromatic N) is 1. The third-order valence-electron chi connectivity index (χ3n) is 4.82. The average molecular weight is 324 g/mol. The molecule has 3 rings (SSSR count). The van der Waals surface area contributed by atoms with Gasteiger partial charge in [-0.25, -0.2) is 0 Å². The van der Waals surface area contributed by atoms with Crippen LogP contribution >= 0.6 is 0 Å². The minimum absolute atomic E-state index is 0.224. The van der Waals surface area contributed by atoms with E-state index in [2.05, 4.69) is 65.7 Å². The summed E-state index contributed by atoms with van der Waals surface area (Å²) in [5.74, 6) is 0. The minimum atomic E-state index is -0.303. The quantitative estimate of drug-likeness (QED) is 0.819. The van der Waals surface area contributed by atoms with Crippen molar-refractivity contribution in [1.29, 1.82) is 0 Å². The predicted molar refractivity (Wildman–Crippen MR) is 100.0 cm³/mol. The number of β-amino-alcohol motifs (C(OH)–C–C–N with tert-alkyl or cyclic N) is 1. The zero-order valence-corrected chi connectivity index (χ0v) is 14.5. The van der Waals surface area contributed by atoms with Crippen LogP contribution in [0.3, 0.4) is 0 Å². The first kappa shape index (κ1) is 17.2. The van der Waals surface area contributed by atoms with Crippen molar-refractivity contribution in [2.45, 2.75) is 31.9 Å². The highest BCUT2D eigenvalue weighted by Gasteiger charge is 2.16. The van der Waals surface area contributed by atoms with Gasteiger partial charge in [0.1, 0.15) is 0 Å². The largest absolute Gasteiger partial charge is 0.390 e. The molecule has 1 saturated heterocycles. The van der Waals surface area contributed by atoms with Crippen molar-refractivity contribution < 1.29 is 5.11 Å². The topological polar surface area (TPSA) is 35.5 Å². The van der Waals surface area contributed by atoms with Crippen molar-refractivity contribution in [2.24, 2.45) is 0 Å². The van der Waals surface area contributed by atoms with Crippen LogP contribution in [0.25, 0.3) is 11.1 Å². The number of hydrogen-bond donors (Lipinski definition) is 2. The van der Waals surface area contributed by atoms with Gasteiger partial charge in [0.2, 0.25) is 0 Å². The van der Waals surface area contributed by atoms with Crippen LogP contribution in [0.2, 0.25) is 0 Å². The number of aliphatic hydroxyl groups excluding tert-OH is 1. The summed E-state index contributed by atoms with van der Waals surface area (Å²) < 4.78 is 0. The van der Waals surface area contributed by atoms with E-state index in [-0.39, 0.29) is 12.1 Å². The smallest absolute Gasteiger partial charge is 0.0791 e. The Morgan fingerprint density at radius 1 is 1.00 bits per heavy atom. The molecule has 0 aromatic heterocycles. The Balaban J connectivity index is 1.55. The second-order valence-electron chi connectivity index (χ2n) is 6.78. The van der Waals surface area contributed by atoms with Crippen LogP contribution in [0.1, 0.15) is 31.4 Å². The van der Waals surface area contributed by atoms with Gasteiger partial charge in [-0.1, -0.05) is 48.5 Å². The van der Waals surface area contributed by atoms with Crippen molar-refractivity contribution in [3.05, 3.63) is 60.2 Å². The lowest BCUT2D eigenvalue weighted by Gasteiger charge is -2.22. The Morgan fingerprint density at radius 3 is 2.46 bits per heavy atom. The molecule has 1 fully saturated rings. The molecule has 128 valence electrons. The van der Waals surface area contributed by atoms with Crippen molar-refractivity contribution in [3.8, 4) is 11.1 Å². The van der Waals surface area contributed by atoms with Gasteiger partial charge >= 0.3 is 0 Å². The van der Waals surface area contributed by atoms with Crippen molar-refractivity contribution in [1.82, 2.24) is 10.2 Å². The summed E-state index contributed by atoms with van der Waals surface area (Å²) in [6.07, 6.45) is 2.23. The Labute approximate surface area is 145 Å². The van der Waals surface area contributed by atoms with Crippen molar-refractivity contribution in [3.63, 3.8) is 0 Å². The predicted octanol–water partition coefficient (Wildman–Crippen LogP) is 3.46. The molecule has 3 nitrogen and oxygen atoms in total. The Kier molecular flexibility index (Phi) is 6.02. The lowest BCUT2D eigenvalue weighted by molar-refractivity contribution is 0.121. The van der Waals surface area contributed by atoms with Gasteiger partial charge in [-0.3, -0.25) is 0 Å². The lowest BCUT2D eigenvalue weighted by atomic mass is 10.00. The summed E-state index contributed by atoms with van der Waals surface area (Å²) in [4.78, 5) is 2.35. The van der Waals surface area contributed by atoms with E-state index in [1.807, 2.05) is 6.07 Å². The molecule has 0 aliphatic carbocycles. The summed E-state index contributed by atoms with van der Waals surface area (Å²) in [5, 5.41) is 13.7. The Hall–Kier alpha value is -1.68. The lowest BCUT2D eigenvalue weighted by Crippen LogP contribution is -2.37. The molecule has 1 heterocycles. The van der Waals surface area contributed by atoms with Crippen molar-refractivity contribution in [2.75, 3.05) is 26.2 Å². The molecule has 3 heteroatoms. The molecular formula is C21H28N2O. The first-order valence-electron chi connectivity index (χ1n) is 9.01. The van der Waals surface area contributed by atoms with E-state index in [0.717, 1.165) is 19.6 Å². The molecule has 2 N–H and O–H groups in total. The maximum atomic E-state index is 10.2. The zero-order valence-electron chi connectivity index (χ0n) is 14.5. The van der Waals surface area contributed by atoms with Crippen LogP contribution in [0, 0.1) is 0 Å². The number of hydrogen-bond acceptors (Lipinski definition) is 3. The molecule has 0 amide bonds. The SMILES string of the molecule is CC(NCC(O)CN1CCCC1)c1cccc(-c2ccccc2)c1. The zero-order chi connectivity index (χ0) is 16.8. The molecule has 2 aromatic carbocycles. The normalized spacial score (nSPS) is 17.8. The van der Waals surface area contributed by atoms with Crippen LogP contribution in [0.15, 0.2) is 54.6 Å². The first-order valence-corrected chi connectivity index (χ1v) is 9.01. The van der Waals surface area contributed by atoms with Gasteiger partial charge in [-0.15, -0.1) is 0 Å². The maximum Gasteiger partial charge on any atom is 0.0791 e. The van der Waals surface area contributed by atoms with E-state index in [0.29, 0.717) is 6.54 Å². The number of likely N-dealkylation sites (tertiary alicyclic amines) is 1. The fraction of sp³-hybridized carbons (Fsp3) is 0.429. The van der Waals surface area contributed by atoms with Crippen LogP contribution in [0.4, 0.5) is 0 Å². The van der Waals surface area contributed by atoms with E-state index >= 15 is 0 Å². The molecule has 2 unspecified atom stereocenters. The molecule has 0 bridgehead atoms. The average Bonchev–Trinajstić information content (AvgIpc) is 3.13. The molecule has 1 aliphatic rings. The maximum absolute atomic E-state index is 10.2. The molecule has 1 aliphatic heterocycles. The molecule has 0 radical (unpaired) electrons. The van der Waals surface area contributed by atoms with Gasteiger partial charge < -0.3 is 15.3 Å². The van der Waals surface area contributed by atoms with Gasteiger partial charge in [0.05, 0.1) is 6.10 Å². The molecule has 24 heavy (non-hydrogen) atoms. The van der Waals surface area contributed by atoms with E-state index in [1.54, 1.807) is 0 Å². The Morgan fingerprint density at radius 2 is 1.71 bits per heavy atom. The van der Waals surface area contributed by atoms with Gasteiger partial charge in [0, 0.05) is 19.1 Å². The van der Waals surface area contributed by atoms with E-state index in [4.69, 9.17) is 0 Å². The van der Waals surface area contributed by atoms with E-state index in [1.165, 1.54) is 29.5 Å². The summed E-state index contributed by atoms with van der Waals surface area (Å²) in [7, 11) is 0. The first-order chi connectivity index (χ1) is 11.7. The number of rotatable bonds is 7. The van der Waals surface area contributed by atoms with Gasteiger partial charge in [-0.2, -0.15) is 0 Å². The second kappa shape index (κ2) is 8.43. The van der Waals surface area contributed by atoms with Crippen molar-refractivity contribution >= 4 is 0 Å². The molecular weight excluding hydrogens is 296 g/mol. The van der Waals surface area contributed by atoms with Crippen LogP contribution < -0.4 is 5.32 Å². The van der Waals surface area contributed by atoms with Crippen LogP contribution in [-0.4, -0.2) is 42.3 Å². The molecule has 2 aromatic rings. The van der Waals surface area contributed by atoms with Crippen LogP contribution in [0.5, 0.6) is 0 Å². The summed E-state index contributed by atoms with van der Waals surface area (Å²) in [6.45, 7) is 5.83. The highest BCUT2D eigenvalue weighted by molar-refractivity contribution is 5.64. The second-order valence-corrected chi connectivity index (χ2v) is 6.78. The highest BCUT2D eigenvalue weighted by atomic mass is 16.3. The number of aliphatic hydroxyl groups is 1. The Bertz CT molecular complexity index is 623. The standard InChI is InChI=1S/C21H28N2O/c1-17(22-15-21(24)16-23-12-5-6-13-23)19-10-7-11-20(14-19)18-8-3-2-4-9-18/h2-4,7-11,14,17,21-22,24H,5-6,12-13,15-16H2,1H3. The fourth-order valence-electron chi connectivity index (χ4n) is 3.38. The van der Waals surface area contributed by atoms with Gasteiger partial charge in [0.15, 0.2) is 0 Å². The fourth-order valence-corrected chi connectivity index (χ4v) is 3.38. The highest BCUT2D eigenvalue weighted by Crippen LogP contribution is 2.23.